The van der Waals surface area contributed by atoms with E-state index in [1.165, 1.54) is 0 Å². The van der Waals surface area contributed by atoms with Crippen LogP contribution in [0.4, 0.5) is 0 Å². The topological polar surface area (TPSA) is 143 Å². The minimum Gasteiger partial charge on any atom is -0.257 e. The molecule has 0 atom stereocenters. The normalized spacial score (nSPS) is 9.71. The zero-order valence-corrected chi connectivity index (χ0v) is 16.9. The molecule has 127 valence electrons. The first kappa shape index (κ1) is 23.3. The van der Waals surface area contributed by atoms with E-state index in [-0.39, 0.29) is 50.0 Å². The second-order valence-electron chi connectivity index (χ2n) is 3.27. The molecular formula is C6HCl5N6NaO6. The Morgan fingerprint density at radius 3 is 0.958 bits per heavy atom. The molecule has 18 heteroatoms. The molecular weight excluding hydrogens is 452 g/mol. The Labute approximate surface area is 175 Å². The van der Waals surface area contributed by atoms with Crippen LogP contribution in [0.5, 0.6) is 0 Å². The number of aromatic nitrogens is 6. The molecule has 0 amide bonds. The summed E-state index contributed by atoms with van der Waals surface area (Å²) < 4.78 is 0.576. The summed E-state index contributed by atoms with van der Waals surface area (Å²) in [6.45, 7) is 0. The summed E-state index contributed by atoms with van der Waals surface area (Å²) in [5, 5.41) is 0. The Hall–Kier alpha value is -0.730. The van der Waals surface area contributed by atoms with Crippen LogP contribution in [0, 0.1) is 0 Å². The van der Waals surface area contributed by atoms with Crippen LogP contribution in [0.25, 0.3) is 0 Å². The molecule has 0 saturated heterocycles. The maximum Gasteiger partial charge on any atom is 0.366 e. The summed E-state index contributed by atoms with van der Waals surface area (Å²) in [5.41, 5.74) is -6.61. The predicted octanol–water partition coefficient (Wildman–Crippen LogP) is -2.50. The van der Waals surface area contributed by atoms with Crippen LogP contribution in [-0.4, -0.2) is 55.0 Å². The number of halogens is 5. The first-order valence-corrected chi connectivity index (χ1v) is 6.50. The van der Waals surface area contributed by atoms with Gasteiger partial charge in [0.25, 0.3) is 0 Å². The number of H-pyrrole nitrogens is 1. The summed E-state index contributed by atoms with van der Waals surface area (Å²) >= 11 is 25.4. The first-order valence-electron chi connectivity index (χ1n) is 4.81. The molecule has 1 radical (unpaired) electrons. The summed E-state index contributed by atoms with van der Waals surface area (Å²) in [4.78, 5) is 65.6. The fraction of sp³-hybridized carbons (Fsp3) is 0. The molecule has 2 aromatic heterocycles. The molecule has 0 aliphatic carbocycles. The number of hydrogen-bond acceptors (Lipinski definition) is 6. The summed E-state index contributed by atoms with van der Waals surface area (Å²) in [6.07, 6.45) is 0. The number of rotatable bonds is 0. The van der Waals surface area contributed by atoms with Crippen molar-refractivity contribution in [2.45, 2.75) is 0 Å². The third kappa shape index (κ3) is 4.67. The Balaban J connectivity index is 0.000000425. The van der Waals surface area contributed by atoms with Crippen LogP contribution in [0.1, 0.15) is 0 Å². The van der Waals surface area contributed by atoms with Gasteiger partial charge >= 0.3 is 34.1 Å². The van der Waals surface area contributed by atoms with Crippen LogP contribution in [0.3, 0.4) is 0 Å². The molecule has 0 spiro atoms. The van der Waals surface area contributed by atoms with E-state index < -0.39 is 34.1 Å². The van der Waals surface area contributed by atoms with Gasteiger partial charge in [-0.1, -0.05) is 0 Å². The number of nitrogens with zero attached hydrogens (tertiary/aromatic N) is 5. The zero-order chi connectivity index (χ0) is 18.1. The van der Waals surface area contributed by atoms with E-state index >= 15 is 0 Å². The second-order valence-corrected chi connectivity index (χ2v) is 4.96. The SMILES string of the molecule is O=c1[nH]c(=O)n(Cl)c(=O)n1Cl.O=c1n(Cl)c(=O)n(Cl)c(=O)n1Cl.[Na]. The largest absolute Gasteiger partial charge is 0.366 e. The van der Waals surface area contributed by atoms with Gasteiger partial charge in [-0.3, -0.25) is 4.98 Å². The van der Waals surface area contributed by atoms with Gasteiger partial charge in [0, 0.05) is 88.4 Å². The molecule has 2 aromatic rings. The predicted molar refractivity (Wildman–Crippen MR) is 86.8 cm³/mol. The van der Waals surface area contributed by atoms with Crippen molar-refractivity contribution in [2.75, 3.05) is 0 Å². The van der Waals surface area contributed by atoms with Crippen molar-refractivity contribution in [1.82, 2.24) is 25.4 Å². The molecule has 2 heterocycles. The summed E-state index contributed by atoms with van der Waals surface area (Å²) in [5.74, 6) is 0. The van der Waals surface area contributed by atoms with Crippen molar-refractivity contribution in [3.05, 3.63) is 62.9 Å². The molecule has 0 aliphatic heterocycles. The maximum atomic E-state index is 10.8. The van der Waals surface area contributed by atoms with Crippen molar-refractivity contribution >= 4 is 88.4 Å². The first-order chi connectivity index (χ1) is 10.5. The Kier molecular flexibility index (Phi) is 8.83. The van der Waals surface area contributed by atoms with Crippen LogP contribution in [0.15, 0.2) is 28.8 Å². The zero-order valence-electron chi connectivity index (χ0n) is 11.1. The fourth-order valence-electron chi connectivity index (χ4n) is 0.917. The van der Waals surface area contributed by atoms with Crippen molar-refractivity contribution in [3.8, 4) is 0 Å². The molecule has 0 fully saturated rings. The van der Waals surface area contributed by atoms with E-state index in [4.69, 9.17) is 58.9 Å². The van der Waals surface area contributed by atoms with Gasteiger partial charge in [-0.2, -0.15) is 0 Å². The third-order valence-corrected chi connectivity index (χ3v) is 3.38. The summed E-state index contributed by atoms with van der Waals surface area (Å²) in [6, 6.07) is 0. The molecule has 2 rings (SSSR count). The van der Waals surface area contributed by atoms with E-state index in [9.17, 15) is 28.8 Å². The molecule has 0 unspecified atom stereocenters. The van der Waals surface area contributed by atoms with Gasteiger partial charge in [0.2, 0.25) is 0 Å². The van der Waals surface area contributed by atoms with Gasteiger partial charge < -0.3 is 0 Å². The van der Waals surface area contributed by atoms with Gasteiger partial charge in [0.15, 0.2) is 0 Å². The molecule has 12 nitrogen and oxygen atoms in total. The van der Waals surface area contributed by atoms with Gasteiger partial charge in [-0.25, -0.2) is 28.8 Å². The van der Waals surface area contributed by atoms with Crippen LogP contribution < -0.4 is 34.1 Å². The van der Waals surface area contributed by atoms with Crippen molar-refractivity contribution in [1.29, 1.82) is 0 Å². The van der Waals surface area contributed by atoms with Crippen molar-refractivity contribution in [3.63, 3.8) is 0 Å². The Morgan fingerprint density at radius 2 is 0.708 bits per heavy atom. The van der Waals surface area contributed by atoms with Gasteiger partial charge in [-0.15, -0.1) is 20.4 Å². The third-order valence-electron chi connectivity index (χ3n) is 1.91. The van der Waals surface area contributed by atoms with Crippen LogP contribution >= 0.6 is 58.9 Å². The Bertz CT molecular complexity index is 967. The summed E-state index contributed by atoms with van der Waals surface area (Å²) in [7, 11) is 0. The van der Waals surface area contributed by atoms with Crippen LogP contribution in [-0.2, 0) is 0 Å². The maximum absolute atomic E-state index is 10.8. The van der Waals surface area contributed by atoms with E-state index in [0.29, 0.717) is 0 Å². The molecule has 1 N–H and O–H groups in total. The van der Waals surface area contributed by atoms with E-state index in [1.807, 2.05) is 0 Å². The second kappa shape index (κ2) is 9.10. The van der Waals surface area contributed by atoms with E-state index in [0.717, 1.165) is 0 Å². The van der Waals surface area contributed by atoms with Gasteiger partial charge in [0.05, 0.1) is 0 Å². The standard InChI is InChI=1S/C3Cl3N3O3.C3HCl2N3O3.Na/c4-7-1(10)8(5)3(12)9(6)2(7)11;4-7-1(9)6-2(10)8(5)3(7)11;/h;(H,6,9,10);. The molecule has 0 bridgehead atoms. The smallest absolute Gasteiger partial charge is 0.257 e. The fourth-order valence-corrected chi connectivity index (χ4v) is 1.76. The number of aromatic amines is 1. The molecule has 0 saturated carbocycles. The molecule has 24 heavy (non-hydrogen) atoms. The molecule has 0 aliphatic rings. The van der Waals surface area contributed by atoms with E-state index in [1.54, 1.807) is 4.98 Å². The minimum atomic E-state index is -1.16. The quantitative estimate of drug-likeness (QED) is 0.437. The van der Waals surface area contributed by atoms with E-state index in [2.05, 4.69) is 0 Å². The van der Waals surface area contributed by atoms with Gasteiger partial charge in [0.1, 0.15) is 0 Å². The minimum absolute atomic E-state index is 0. The van der Waals surface area contributed by atoms with Crippen molar-refractivity contribution in [2.24, 2.45) is 0 Å². The average molecular weight is 453 g/mol. The molecule has 0 aromatic carbocycles. The Morgan fingerprint density at radius 1 is 0.500 bits per heavy atom. The number of hydrogen-bond donors (Lipinski definition) is 1. The number of nitrogens with one attached hydrogen (secondary N) is 1. The van der Waals surface area contributed by atoms with Crippen LogP contribution in [0.2, 0.25) is 0 Å². The van der Waals surface area contributed by atoms with Gasteiger partial charge in [-0.05, 0) is 0 Å². The van der Waals surface area contributed by atoms with Crippen molar-refractivity contribution < 1.29 is 0 Å². The average Bonchev–Trinajstić information content (AvgIpc) is 2.53. The monoisotopic (exact) mass is 451 g/mol.